The van der Waals surface area contributed by atoms with Crippen LogP contribution in [0.15, 0.2) is 77.7 Å². The van der Waals surface area contributed by atoms with Gasteiger partial charge < -0.3 is 5.32 Å². The first-order valence-electron chi connectivity index (χ1n) is 9.13. The molecule has 0 unspecified atom stereocenters. The molecule has 31 heavy (non-hydrogen) atoms. The third kappa shape index (κ3) is 4.88. The fraction of sp³-hybridized carbons (Fsp3) is 0.136. The number of rotatable bonds is 5. The Morgan fingerprint density at radius 2 is 1.58 bits per heavy atom. The predicted molar refractivity (Wildman–Crippen MR) is 113 cm³/mol. The summed E-state index contributed by atoms with van der Waals surface area (Å²) in [6.45, 7) is 1.83. The molecule has 0 saturated carbocycles. The summed E-state index contributed by atoms with van der Waals surface area (Å²) in [6, 6.07) is 16.4. The SMILES string of the molecule is Cc1ccc(S(=O)(=O)N(C)c2ccccc2C(=O)Nc2cccc(C(F)(F)F)c2)cc1. The highest BCUT2D eigenvalue weighted by molar-refractivity contribution is 7.92. The summed E-state index contributed by atoms with van der Waals surface area (Å²) in [5.74, 6) is -0.735. The average molecular weight is 448 g/mol. The standard InChI is InChI=1S/C22H19F3N2O3S/c1-15-10-12-18(13-11-15)31(29,30)27(2)20-9-4-3-8-19(20)21(28)26-17-7-5-6-16(14-17)22(23,24)25/h3-14H,1-2H3,(H,26,28). The molecule has 9 heteroatoms. The number of aryl methyl sites for hydroxylation is 1. The minimum Gasteiger partial charge on any atom is -0.322 e. The van der Waals surface area contributed by atoms with Crippen LogP contribution in [0, 0.1) is 6.92 Å². The van der Waals surface area contributed by atoms with Gasteiger partial charge in [-0.15, -0.1) is 0 Å². The average Bonchev–Trinajstić information content (AvgIpc) is 2.73. The Morgan fingerprint density at radius 3 is 2.23 bits per heavy atom. The Kier molecular flexibility index (Phi) is 6.08. The van der Waals surface area contributed by atoms with Gasteiger partial charge in [-0.25, -0.2) is 8.42 Å². The predicted octanol–water partition coefficient (Wildman–Crippen LogP) is 5.09. The number of carbonyl (C=O) groups excluding carboxylic acids is 1. The lowest BCUT2D eigenvalue weighted by molar-refractivity contribution is -0.137. The van der Waals surface area contributed by atoms with Crippen LogP contribution in [0.3, 0.4) is 0 Å². The summed E-state index contributed by atoms with van der Waals surface area (Å²) in [5, 5.41) is 2.40. The van der Waals surface area contributed by atoms with E-state index in [0.717, 1.165) is 22.0 Å². The molecule has 0 bridgehead atoms. The van der Waals surface area contributed by atoms with Gasteiger partial charge in [0.15, 0.2) is 0 Å². The van der Waals surface area contributed by atoms with Gasteiger partial charge in [-0.05, 0) is 49.4 Å². The van der Waals surface area contributed by atoms with Crippen molar-refractivity contribution in [2.24, 2.45) is 0 Å². The minimum atomic E-state index is -4.55. The number of carbonyl (C=O) groups is 1. The summed E-state index contributed by atoms with van der Waals surface area (Å²) in [6.07, 6.45) is -4.55. The van der Waals surface area contributed by atoms with E-state index in [1.54, 1.807) is 18.2 Å². The highest BCUT2D eigenvalue weighted by Gasteiger charge is 2.31. The van der Waals surface area contributed by atoms with Crippen LogP contribution in [-0.2, 0) is 16.2 Å². The molecule has 0 aliphatic heterocycles. The van der Waals surface area contributed by atoms with Crippen LogP contribution in [-0.4, -0.2) is 21.4 Å². The molecule has 0 aromatic heterocycles. The van der Waals surface area contributed by atoms with Gasteiger partial charge in [0.2, 0.25) is 0 Å². The van der Waals surface area contributed by atoms with E-state index in [0.29, 0.717) is 0 Å². The maximum absolute atomic E-state index is 13.0. The van der Waals surface area contributed by atoms with E-state index in [2.05, 4.69) is 5.32 Å². The number of halogens is 3. The zero-order valence-electron chi connectivity index (χ0n) is 16.6. The van der Waals surface area contributed by atoms with E-state index in [9.17, 15) is 26.4 Å². The molecule has 0 atom stereocenters. The molecule has 1 N–H and O–H groups in total. The zero-order chi connectivity index (χ0) is 22.8. The normalized spacial score (nSPS) is 11.8. The van der Waals surface area contributed by atoms with E-state index in [4.69, 9.17) is 0 Å². The Labute approximate surface area is 178 Å². The minimum absolute atomic E-state index is 0.00176. The summed E-state index contributed by atoms with van der Waals surface area (Å²) in [7, 11) is -2.65. The molecule has 3 rings (SSSR count). The molecule has 0 fully saturated rings. The third-order valence-electron chi connectivity index (χ3n) is 4.62. The van der Waals surface area contributed by atoms with Crippen molar-refractivity contribution in [3.63, 3.8) is 0 Å². The first-order chi connectivity index (χ1) is 14.5. The molecular weight excluding hydrogens is 429 g/mol. The van der Waals surface area contributed by atoms with Gasteiger partial charge in [0.25, 0.3) is 15.9 Å². The Balaban J connectivity index is 1.93. The lowest BCUT2D eigenvalue weighted by atomic mass is 10.1. The van der Waals surface area contributed by atoms with Crippen LogP contribution in [0.2, 0.25) is 0 Å². The van der Waals surface area contributed by atoms with Crippen LogP contribution in [0.4, 0.5) is 24.5 Å². The second-order valence-electron chi connectivity index (χ2n) is 6.84. The third-order valence-corrected chi connectivity index (χ3v) is 6.40. The highest BCUT2D eigenvalue weighted by Crippen LogP contribution is 2.31. The van der Waals surface area contributed by atoms with Gasteiger partial charge in [0.05, 0.1) is 21.7 Å². The molecule has 0 saturated heterocycles. The van der Waals surface area contributed by atoms with Crippen molar-refractivity contribution in [3.8, 4) is 0 Å². The maximum Gasteiger partial charge on any atom is 0.416 e. The Hall–Kier alpha value is -3.33. The number of amides is 1. The fourth-order valence-electron chi connectivity index (χ4n) is 2.91. The van der Waals surface area contributed by atoms with E-state index in [1.165, 1.54) is 49.5 Å². The second kappa shape index (κ2) is 8.43. The molecule has 5 nitrogen and oxygen atoms in total. The molecule has 3 aromatic rings. The monoisotopic (exact) mass is 448 g/mol. The van der Waals surface area contributed by atoms with Gasteiger partial charge >= 0.3 is 6.18 Å². The number of nitrogens with zero attached hydrogens (tertiary/aromatic N) is 1. The lowest BCUT2D eigenvalue weighted by Crippen LogP contribution is -2.29. The number of sulfonamides is 1. The summed E-state index contributed by atoms with van der Waals surface area (Å²) in [5.41, 5.74) is 0.0180. The smallest absolute Gasteiger partial charge is 0.322 e. The number of anilines is 2. The molecule has 3 aromatic carbocycles. The van der Waals surface area contributed by atoms with E-state index < -0.39 is 27.7 Å². The molecule has 0 aliphatic rings. The van der Waals surface area contributed by atoms with E-state index >= 15 is 0 Å². The molecular formula is C22H19F3N2O3S. The molecule has 0 radical (unpaired) electrons. The summed E-state index contributed by atoms with van der Waals surface area (Å²) in [4.78, 5) is 12.8. The summed E-state index contributed by atoms with van der Waals surface area (Å²) >= 11 is 0. The van der Waals surface area contributed by atoms with Crippen LogP contribution in [0.25, 0.3) is 0 Å². The maximum atomic E-state index is 13.0. The number of hydrogen-bond acceptors (Lipinski definition) is 3. The van der Waals surface area contributed by atoms with Crippen LogP contribution in [0.1, 0.15) is 21.5 Å². The van der Waals surface area contributed by atoms with E-state index in [-0.39, 0.29) is 21.8 Å². The number of hydrogen-bond donors (Lipinski definition) is 1. The number of alkyl halides is 3. The summed E-state index contributed by atoms with van der Waals surface area (Å²) < 4.78 is 65.8. The lowest BCUT2D eigenvalue weighted by Gasteiger charge is -2.22. The van der Waals surface area contributed by atoms with Crippen LogP contribution < -0.4 is 9.62 Å². The van der Waals surface area contributed by atoms with Crippen molar-refractivity contribution in [1.29, 1.82) is 0 Å². The highest BCUT2D eigenvalue weighted by atomic mass is 32.2. The second-order valence-corrected chi connectivity index (χ2v) is 8.80. The molecule has 1 amide bonds. The van der Waals surface area contributed by atoms with Crippen molar-refractivity contribution in [2.45, 2.75) is 18.0 Å². The first-order valence-corrected chi connectivity index (χ1v) is 10.6. The fourth-order valence-corrected chi connectivity index (χ4v) is 4.12. The van der Waals surface area contributed by atoms with Gasteiger partial charge in [0.1, 0.15) is 0 Å². The van der Waals surface area contributed by atoms with Crippen molar-refractivity contribution >= 4 is 27.3 Å². The number of para-hydroxylation sites is 1. The Morgan fingerprint density at radius 1 is 0.935 bits per heavy atom. The van der Waals surface area contributed by atoms with Gasteiger partial charge in [-0.2, -0.15) is 13.2 Å². The molecule has 0 spiro atoms. The largest absolute Gasteiger partial charge is 0.416 e. The molecule has 162 valence electrons. The molecule has 0 heterocycles. The topological polar surface area (TPSA) is 66.5 Å². The van der Waals surface area contributed by atoms with E-state index in [1.807, 2.05) is 6.92 Å². The van der Waals surface area contributed by atoms with Gasteiger partial charge in [-0.3, -0.25) is 9.10 Å². The van der Waals surface area contributed by atoms with Gasteiger partial charge in [0, 0.05) is 12.7 Å². The van der Waals surface area contributed by atoms with Gasteiger partial charge in [-0.1, -0.05) is 35.9 Å². The van der Waals surface area contributed by atoms with Crippen molar-refractivity contribution < 1.29 is 26.4 Å². The first kappa shape index (κ1) is 22.4. The van der Waals surface area contributed by atoms with Crippen molar-refractivity contribution in [1.82, 2.24) is 0 Å². The number of nitrogens with one attached hydrogen (secondary N) is 1. The zero-order valence-corrected chi connectivity index (χ0v) is 17.5. The Bertz CT molecular complexity index is 1210. The quantitative estimate of drug-likeness (QED) is 0.591. The number of benzene rings is 3. The molecule has 0 aliphatic carbocycles. The van der Waals surface area contributed by atoms with Crippen molar-refractivity contribution in [2.75, 3.05) is 16.7 Å². The van der Waals surface area contributed by atoms with Crippen molar-refractivity contribution in [3.05, 3.63) is 89.5 Å². The van der Waals surface area contributed by atoms with Crippen LogP contribution >= 0.6 is 0 Å². The van der Waals surface area contributed by atoms with Crippen LogP contribution in [0.5, 0.6) is 0 Å².